The number of halogens is 1. The predicted molar refractivity (Wildman–Crippen MR) is 119 cm³/mol. The number of nitrogens with zero attached hydrogens (tertiary/aromatic N) is 2. The zero-order valence-corrected chi connectivity index (χ0v) is 18.7. The van der Waals surface area contributed by atoms with Crippen molar-refractivity contribution >= 4 is 17.6 Å². The Hall–Kier alpha value is -3.56. The van der Waals surface area contributed by atoms with Gasteiger partial charge in [-0.3, -0.25) is 5.32 Å². The fourth-order valence-electron chi connectivity index (χ4n) is 3.86. The minimum absolute atomic E-state index is 0.162. The number of nitrogens with one attached hydrogen (secondary N) is 1. The number of fused-ring (bicyclic) bond motifs is 1. The third-order valence-electron chi connectivity index (χ3n) is 5.28. The van der Waals surface area contributed by atoms with Gasteiger partial charge in [-0.05, 0) is 23.8 Å². The molecule has 2 aromatic carbocycles. The molecule has 0 bridgehead atoms. The van der Waals surface area contributed by atoms with Gasteiger partial charge in [0, 0.05) is 17.1 Å². The quantitative estimate of drug-likeness (QED) is 0.537. The summed E-state index contributed by atoms with van der Waals surface area (Å²) in [6, 6.07) is 15.4. The summed E-state index contributed by atoms with van der Waals surface area (Å²) in [5.41, 5.74) is -0.231. The van der Waals surface area contributed by atoms with Gasteiger partial charge in [0.25, 0.3) is 0 Å². The van der Waals surface area contributed by atoms with Crippen LogP contribution in [0.4, 0.5) is 0 Å². The molecule has 1 aromatic heterocycles. The van der Waals surface area contributed by atoms with Gasteiger partial charge in [-0.1, -0.05) is 41.9 Å². The first-order valence-corrected chi connectivity index (χ1v) is 10.5. The monoisotopic (exact) mass is 471 g/mol. The topological polar surface area (TPSA) is 112 Å². The van der Waals surface area contributed by atoms with Crippen molar-refractivity contribution in [2.24, 2.45) is 0 Å². The van der Waals surface area contributed by atoms with Crippen LogP contribution < -0.4 is 24.3 Å². The Morgan fingerprint density at radius 3 is 2.45 bits per heavy atom. The molecule has 9 nitrogen and oxygen atoms in total. The Balaban J connectivity index is 1.94. The molecular weight excluding hydrogens is 450 g/mol. The maximum Gasteiger partial charge on any atom is 0.347 e. The predicted octanol–water partition coefficient (Wildman–Crippen LogP) is 2.91. The number of hydrogen-bond donors (Lipinski definition) is 2. The van der Waals surface area contributed by atoms with Crippen molar-refractivity contribution in [2.45, 2.75) is 11.6 Å². The summed E-state index contributed by atoms with van der Waals surface area (Å²) >= 11 is 6.34. The van der Waals surface area contributed by atoms with Crippen LogP contribution in [0.5, 0.6) is 23.5 Å². The van der Waals surface area contributed by atoms with Crippen LogP contribution in [0, 0.1) is 0 Å². The number of methoxy groups -OCH3 is 2. The van der Waals surface area contributed by atoms with Gasteiger partial charge < -0.3 is 24.1 Å². The molecule has 4 rings (SSSR count). The molecule has 0 saturated heterocycles. The van der Waals surface area contributed by atoms with E-state index in [0.29, 0.717) is 35.1 Å². The third kappa shape index (κ3) is 4.37. The number of benzene rings is 2. The average Bonchev–Trinajstić information content (AvgIpc) is 3.02. The fraction of sp³-hybridized carbons (Fsp3) is 0.261. The van der Waals surface area contributed by atoms with Crippen molar-refractivity contribution in [1.82, 2.24) is 15.3 Å². The Labute approximate surface area is 195 Å². The normalized spacial score (nSPS) is 18.3. The molecule has 0 spiro atoms. The molecule has 2 heterocycles. The molecule has 0 amide bonds. The van der Waals surface area contributed by atoms with Crippen LogP contribution in [0.3, 0.4) is 0 Å². The number of hydrogen-bond acceptors (Lipinski definition) is 8. The first kappa shape index (κ1) is 22.6. The van der Waals surface area contributed by atoms with Crippen LogP contribution >= 0.6 is 11.6 Å². The van der Waals surface area contributed by atoms with E-state index in [2.05, 4.69) is 15.3 Å². The molecule has 1 aliphatic rings. The molecule has 0 radical (unpaired) electrons. The summed E-state index contributed by atoms with van der Waals surface area (Å²) in [6.07, 6.45) is -1.52. The van der Waals surface area contributed by atoms with E-state index in [-0.39, 0.29) is 17.8 Å². The van der Waals surface area contributed by atoms with E-state index in [1.165, 1.54) is 20.3 Å². The van der Waals surface area contributed by atoms with Crippen molar-refractivity contribution in [3.05, 3.63) is 70.7 Å². The third-order valence-corrected chi connectivity index (χ3v) is 5.51. The lowest BCUT2D eigenvalue weighted by Gasteiger charge is -2.39. The van der Waals surface area contributed by atoms with E-state index in [9.17, 15) is 9.90 Å². The average molecular weight is 472 g/mol. The summed E-state index contributed by atoms with van der Waals surface area (Å²) in [4.78, 5) is 21.0. The Morgan fingerprint density at radius 1 is 1.12 bits per heavy atom. The summed E-state index contributed by atoms with van der Waals surface area (Å²) in [5, 5.41) is 14.2. The molecule has 1 aliphatic heterocycles. The van der Waals surface area contributed by atoms with Gasteiger partial charge in [-0.2, -0.15) is 9.97 Å². The van der Waals surface area contributed by atoms with Crippen molar-refractivity contribution in [2.75, 3.05) is 27.4 Å². The van der Waals surface area contributed by atoms with Gasteiger partial charge in [0.1, 0.15) is 17.9 Å². The number of carbonyl (C=O) groups is 1. The SMILES string of the molecule is COc1cc(OC)nc(O[C@H](C(=O)O)[C@@]2(c3ccccc3)NCCOc3ccc(Cl)cc32)n1. The van der Waals surface area contributed by atoms with Gasteiger partial charge in [0.05, 0.1) is 20.3 Å². The maximum atomic E-state index is 12.7. The number of carboxylic acid groups (broad SMARTS) is 1. The molecular formula is C23H22ClN3O6. The van der Waals surface area contributed by atoms with Crippen LogP contribution in [-0.4, -0.2) is 54.5 Å². The first-order chi connectivity index (χ1) is 16.0. The second kappa shape index (κ2) is 9.51. The van der Waals surface area contributed by atoms with E-state index in [4.69, 9.17) is 30.5 Å². The van der Waals surface area contributed by atoms with Crippen LogP contribution in [0.25, 0.3) is 0 Å². The van der Waals surface area contributed by atoms with Gasteiger partial charge in [0.15, 0.2) is 0 Å². The lowest BCUT2D eigenvalue weighted by atomic mass is 9.77. The zero-order chi connectivity index (χ0) is 23.4. The lowest BCUT2D eigenvalue weighted by molar-refractivity contribution is -0.149. The number of rotatable bonds is 7. The zero-order valence-electron chi connectivity index (χ0n) is 17.9. The Morgan fingerprint density at radius 2 is 1.82 bits per heavy atom. The molecule has 2 atom stereocenters. The van der Waals surface area contributed by atoms with Crippen molar-refractivity contribution < 1.29 is 28.8 Å². The lowest BCUT2D eigenvalue weighted by Crippen LogP contribution is -2.58. The molecule has 0 saturated carbocycles. The minimum atomic E-state index is -1.52. The van der Waals surface area contributed by atoms with E-state index in [1.54, 1.807) is 18.2 Å². The maximum absolute atomic E-state index is 12.7. The fourth-order valence-corrected chi connectivity index (χ4v) is 4.03. The van der Waals surface area contributed by atoms with Crippen LogP contribution in [0.15, 0.2) is 54.6 Å². The highest BCUT2D eigenvalue weighted by atomic mass is 35.5. The molecule has 0 unspecified atom stereocenters. The molecule has 3 aromatic rings. The summed E-state index contributed by atoms with van der Waals surface area (Å²) < 4.78 is 22.2. The second-order valence-electron chi connectivity index (χ2n) is 7.16. The summed E-state index contributed by atoms with van der Waals surface area (Å²) in [5.74, 6) is -0.428. The number of carboxylic acids is 1. The summed E-state index contributed by atoms with van der Waals surface area (Å²) in [6.45, 7) is 0.662. The standard InChI is InChI=1S/C23H22ClN3O6/c1-30-18-13-19(31-2)27-22(26-18)33-20(21(28)29)23(14-6-4-3-5-7-14)16-12-15(24)8-9-17(16)32-11-10-25-23/h3-9,12-13,20,25H,10-11H2,1-2H3,(H,28,29)/t20-,23+/m1/s1. The summed E-state index contributed by atoms with van der Waals surface area (Å²) in [7, 11) is 2.85. The highest BCUT2D eigenvalue weighted by Crippen LogP contribution is 2.42. The first-order valence-electron chi connectivity index (χ1n) is 10.1. The minimum Gasteiger partial charge on any atom is -0.492 e. The van der Waals surface area contributed by atoms with E-state index in [0.717, 1.165) is 0 Å². The second-order valence-corrected chi connectivity index (χ2v) is 7.60. The van der Waals surface area contributed by atoms with Crippen LogP contribution in [-0.2, 0) is 10.3 Å². The van der Waals surface area contributed by atoms with Crippen LogP contribution in [0.2, 0.25) is 5.02 Å². The number of ether oxygens (including phenoxy) is 4. The Kier molecular flexibility index (Phi) is 6.52. The Bertz CT molecular complexity index is 1120. The number of aromatic nitrogens is 2. The van der Waals surface area contributed by atoms with Gasteiger partial charge in [-0.15, -0.1) is 0 Å². The van der Waals surface area contributed by atoms with Crippen molar-refractivity contribution in [3.63, 3.8) is 0 Å². The van der Waals surface area contributed by atoms with Gasteiger partial charge in [0.2, 0.25) is 17.9 Å². The van der Waals surface area contributed by atoms with Crippen LogP contribution in [0.1, 0.15) is 11.1 Å². The van der Waals surface area contributed by atoms with Gasteiger partial charge in [-0.25, -0.2) is 4.79 Å². The largest absolute Gasteiger partial charge is 0.492 e. The molecule has 0 fully saturated rings. The van der Waals surface area contributed by atoms with E-state index >= 15 is 0 Å². The molecule has 0 aliphatic carbocycles. The van der Waals surface area contributed by atoms with Crippen molar-refractivity contribution in [1.29, 1.82) is 0 Å². The molecule has 10 heteroatoms. The molecule has 2 N–H and O–H groups in total. The number of aliphatic carboxylic acids is 1. The highest BCUT2D eigenvalue weighted by molar-refractivity contribution is 6.30. The van der Waals surface area contributed by atoms with Crippen molar-refractivity contribution in [3.8, 4) is 23.5 Å². The highest BCUT2D eigenvalue weighted by Gasteiger charge is 2.51. The molecule has 172 valence electrons. The smallest absolute Gasteiger partial charge is 0.347 e. The van der Waals surface area contributed by atoms with E-state index in [1.807, 2.05) is 30.3 Å². The van der Waals surface area contributed by atoms with Gasteiger partial charge >= 0.3 is 12.0 Å². The molecule has 33 heavy (non-hydrogen) atoms. The van der Waals surface area contributed by atoms with E-state index < -0.39 is 17.6 Å².